The van der Waals surface area contributed by atoms with Crippen molar-refractivity contribution in [3.05, 3.63) is 23.2 Å². The first-order chi connectivity index (χ1) is 12.5. The van der Waals surface area contributed by atoms with Crippen molar-refractivity contribution in [1.82, 2.24) is 4.90 Å². The molecule has 0 spiro atoms. The average Bonchev–Trinajstić information content (AvgIpc) is 3.30. The Morgan fingerprint density at radius 3 is 2.74 bits per heavy atom. The van der Waals surface area contributed by atoms with E-state index in [4.69, 9.17) is 22.1 Å². The summed E-state index contributed by atoms with van der Waals surface area (Å²) >= 11 is 6.09. The minimum absolute atomic E-state index is 0. The molecule has 6 nitrogen and oxygen atoms in total. The van der Waals surface area contributed by atoms with Gasteiger partial charge in [-0.1, -0.05) is 11.6 Å². The summed E-state index contributed by atoms with van der Waals surface area (Å²) in [7, 11) is 1.56. The fourth-order valence-electron chi connectivity index (χ4n) is 4.73. The van der Waals surface area contributed by atoms with Crippen LogP contribution in [-0.4, -0.2) is 49.5 Å². The number of likely N-dealkylation sites (tertiary alicyclic amines) is 1. The van der Waals surface area contributed by atoms with E-state index in [0.29, 0.717) is 34.8 Å². The lowest BCUT2D eigenvalue weighted by Gasteiger charge is -2.23. The van der Waals surface area contributed by atoms with E-state index in [1.807, 2.05) is 4.90 Å². The van der Waals surface area contributed by atoms with Crippen LogP contribution in [0.1, 0.15) is 19.3 Å². The molecule has 4 unspecified atom stereocenters. The zero-order valence-electron chi connectivity index (χ0n) is 15.3. The van der Waals surface area contributed by atoms with Gasteiger partial charge in [0.05, 0.1) is 18.7 Å². The second-order valence-corrected chi connectivity index (χ2v) is 8.07. The summed E-state index contributed by atoms with van der Waals surface area (Å²) < 4.78 is 5.36. The number of carbonyl (C=O) groups is 2. The topological polar surface area (TPSA) is 75.9 Å². The van der Waals surface area contributed by atoms with Crippen LogP contribution in [0.5, 0.6) is 5.75 Å². The molecule has 3 fully saturated rings. The fourth-order valence-corrected chi connectivity index (χ4v) is 4.89. The van der Waals surface area contributed by atoms with Gasteiger partial charge in [-0.05, 0) is 42.9 Å². The van der Waals surface area contributed by atoms with Gasteiger partial charge in [0.2, 0.25) is 11.8 Å². The maximum Gasteiger partial charge on any atom is 0.228 e. The van der Waals surface area contributed by atoms with Crippen LogP contribution in [0, 0.1) is 17.8 Å². The summed E-state index contributed by atoms with van der Waals surface area (Å²) in [5, 5.41) is 0.532. The van der Waals surface area contributed by atoms with Gasteiger partial charge in [0, 0.05) is 37.1 Å². The van der Waals surface area contributed by atoms with E-state index < -0.39 is 0 Å². The summed E-state index contributed by atoms with van der Waals surface area (Å²) in [6, 6.07) is 5.38. The molecule has 0 aromatic heterocycles. The summed E-state index contributed by atoms with van der Waals surface area (Å²) in [5.41, 5.74) is 6.80. The van der Waals surface area contributed by atoms with E-state index in [-0.39, 0.29) is 42.6 Å². The number of amides is 2. The van der Waals surface area contributed by atoms with Crippen molar-refractivity contribution < 1.29 is 14.3 Å². The predicted molar refractivity (Wildman–Crippen MR) is 106 cm³/mol. The number of rotatable bonds is 3. The van der Waals surface area contributed by atoms with Crippen LogP contribution < -0.4 is 15.4 Å². The summed E-state index contributed by atoms with van der Waals surface area (Å²) in [4.78, 5) is 29.1. The molecule has 2 heterocycles. The van der Waals surface area contributed by atoms with Gasteiger partial charge in [0.25, 0.3) is 0 Å². The van der Waals surface area contributed by atoms with E-state index in [0.717, 1.165) is 25.9 Å². The van der Waals surface area contributed by atoms with E-state index in [9.17, 15) is 9.59 Å². The first kappa shape index (κ1) is 20.2. The van der Waals surface area contributed by atoms with Gasteiger partial charge in [0.1, 0.15) is 5.75 Å². The number of methoxy groups -OCH3 is 1. The lowest BCUT2D eigenvalue weighted by Crippen LogP contribution is -2.38. The van der Waals surface area contributed by atoms with Gasteiger partial charge in [-0.2, -0.15) is 0 Å². The van der Waals surface area contributed by atoms with Crippen LogP contribution in [0.25, 0.3) is 0 Å². The molecule has 2 aliphatic heterocycles. The average molecular weight is 414 g/mol. The molecule has 2 amide bonds. The number of carbonyl (C=O) groups excluding carboxylic acids is 2. The van der Waals surface area contributed by atoms with Crippen LogP contribution in [0.15, 0.2) is 18.2 Å². The Kier molecular flexibility index (Phi) is 5.89. The smallest absolute Gasteiger partial charge is 0.228 e. The van der Waals surface area contributed by atoms with Crippen LogP contribution in [0.2, 0.25) is 5.02 Å². The minimum Gasteiger partial charge on any atom is -0.495 e. The Labute approximate surface area is 170 Å². The highest BCUT2D eigenvalue weighted by molar-refractivity contribution is 6.31. The van der Waals surface area contributed by atoms with Gasteiger partial charge >= 0.3 is 0 Å². The molecule has 1 aromatic rings. The Balaban J connectivity index is 0.00000210. The number of nitrogens with two attached hydrogens (primary N) is 1. The Hall–Kier alpha value is -1.50. The number of ether oxygens (including phenoxy) is 1. The third kappa shape index (κ3) is 3.62. The van der Waals surface area contributed by atoms with Crippen molar-refractivity contribution >= 4 is 41.5 Å². The molecule has 2 N–H and O–H groups in total. The molecular formula is C19H25Cl2N3O3. The lowest BCUT2D eigenvalue weighted by atomic mass is 9.98. The second kappa shape index (κ2) is 7.86. The molecule has 2 saturated heterocycles. The van der Waals surface area contributed by atoms with Crippen molar-refractivity contribution in [2.24, 2.45) is 23.5 Å². The molecule has 1 aromatic carbocycles. The fraction of sp³-hybridized carbons (Fsp3) is 0.579. The highest BCUT2D eigenvalue weighted by Crippen LogP contribution is 2.39. The van der Waals surface area contributed by atoms with Gasteiger partial charge < -0.3 is 20.3 Å². The van der Waals surface area contributed by atoms with E-state index >= 15 is 0 Å². The number of fused-ring (bicyclic) bond motifs is 1. The van der Waals surface area contributed by atoms with Gasteiger partial charge in [0.15, 0.2) is 0 Å². The molecule has 0 bridgehead atoms. The molecule has 0 radical (unpaired) electrons. The lowest BCUT2D eigenvalue weighted by molar-refractivity contribution is -0.135. The van der Waals surface area contributed by atoms with Crippen LogP contribution >= 0.6 is 24.0 Å². The van der Waals surface area contributed by atoms with Crippen LogP contribution in [-0.2, 0) is 9.59 Å². The SMILES string of the molecule is COc1ccc(Cl)cc1N1CC(C(=O)N2CC3CCC(N)C3C2)CC1=O.Cl. The first-order valence-electron chi connectivity index (χ1n) is 9.16. The van der Waals surface area contributed by atoms with Crippen molar-refractivity contribution in [3.8, 4) is 5.75 Å². The number of benzene rings is 1. The summed E-state index contributed by atoms with van der Waals surface area (Å²) in [5.74, 6) is 1.21. The van der Waals surface area contributed by atoms with Crippen molar-refractivity contribution in [2.75, 3.05) is 31.6 Å². The molecule has 1 saturated carbocycles. The highest BCUT2D eigenvalue weighted by atomic mass is 35.5. The molecule has 8 heteroatoms. The van der Waals surface area contributed by atoms with Gasteiger partial charge in [-0.3, -0.25) is 9.59 Å². The summed E-state index contributed by atoms with van der Waals surface area (Å²) in [6.07, 6.45) is 2.39. The van der Waals surface area contributed by atoms with Crippen LogP contribution in [0.4, 0.5) is 5.69 Å². The number of halogens is 2. The quantitative estimate of drug-likeness (QED) is 0.824. The Bertz CT molecular complexity index is 745. The normalized spacial score (nSPS) is 29.7. The Morgan fingerprint density at radius 1 is 1.26 bits per heavy atom. The van der Waals surface area contributed by atoms with E-state index in [1.54, 1.807) is 30.2 Å². The molecule has 148 valence electrons. The zero-order chi connectivity index (χ0) is 18.4. The first-order valence-corrected chi connectivity index (χ1v) is 9.54. The molecule has 3 aliphatic rings. The largest absolute Gasteiger partial charge is 0.495 e. The van der Waals surface area contributed by atoms with Crippen molar-refractivity contribution in [3.63, 3.8) is 0 Å². The van der Waals surface area contributed by atoms with Gasteiger partial charge in [-0.15, -0.1) is 12.4 Å². The molecule has 27 heavy (non-hydrogen) atoms. The molecule has 1 aliphatic carbocycles. The standard InChI is InChI=1S/C19H24ClN3O3.ClH/c1-26-17-5-3-13(20)7-16(17)23-9-12(6-18(23)24)19(25)22-8-11-2-4-15(21)14(11)10-22;/h3,5,7,11-12,14-15H,2,4,6,8-10,21H2,1H3;1H. The highest BCUT2D eigenvalue weighted by Gasteiger charge is 2.45. The van der Waals surface area contributed by atoms with Crippen LogP contribution in [0.3, 0.4) is 0 Å². The zero-order valence-corrected chi connectivity index (χ0v) is 16.8. The number of hydrogen-bond donors (Lipinski definition) is 1. The predicted octanol–water partition coefficient (Wildman–Crippen LogP) is 2.32. The molecule has 4 atom stereocenters. The maximum absolute atomic E-state index is 13.0. The number of hydrogen-bond acceptors (Lipinski definition) is 4. The third-order valence-electron chi connectivity index (χ3n) is 6.13. The van der Waals surface area contributed by atoms with Crippen molar-refractivity contribution in [1.29, 1.82) is 0 Å². The second-order valence-electron chi connectivity index (χ2n) is 7.63. The van der Waals surface area contributed by atoms with E-state index in [1.165, 1.54) is 0 Å². The monoisotopic (exact) mass is 413 g/mol. The minimum atomic E-state index is -0.318. The van der Waals surface area contributed by atoms with Crippen molar-refractivity contribution in [2.45, 2.75) is 25.3 Å². The molecular weight excluding hydrogens is 389 g/mol. The third-order valence-corrected chi connectivity index (χ3v) is 6.37. The van der Waals surface area contributed by atoms with E-state index in [2.05, 4.69) is 0 Å². The molecule has 4 rings (SSSR count). The summed E-state index contributed by atoms with van der Waals surface area (Å²) in [6.45, 7) is 1.88. The number of nitrogens with zero attached hydrogens (tertiary/aromatic N) is 2. The van der Waals surface area contributed by atoms with Gasteiger partial charge in [-0.25, -0.2) is 0 Å². The number of anilines is 1. The maximum atomic E-state index is 13.0. The Morgan fingerprint density at radius 2 is 2.04 bits per heavy atom.